The molecule has 0 amide bonds. The van der Waals surface area contributed by atoms with Crippen molar-refractivity contribution in [1.82, 2.24) is 19.9 Å². The van der Waals surface area contributed by atoms with Gasteiger partial charge in [-0.05, 0) is 13.8 Å². The zero-order valence-corrected chi connectivity index (χ0v) is 8.94. The number of aryl methyl sites for hydroxylation is 2. The molecule has 16 heavy (non-hydrogen) atoms. The van der Waals surface area contributed by atoms with Crippen molar-refractivity contribution in [3.8, 4) is 12.1 Å². The van der Waals surface area contributed by atoms with E-state index in [1.165, 1.54) is 6.33 Å². The minimum Gasteiger partial charge on any atom is -0.349 e. The highest BCUT2D eigenvalue weighted by atomic mass is 14.9. The second kappa shape index (κ2) is 5.32. The van der Waals surface area contributed by atoms with Gasteiger partial charge >= 0.3 is 0 Å². The monoisotopic (exact) mass is 214 g/mol. The maximum Gasteiger partial charge on any atom is 0.176 e. The summed E-state index contributed by atoms with van der Waals surface area (Å²) in [7, 11) is 0. The molecule has 0 aliphatic heterocycles. The van der Waals surface area contributed by atoms with Gasteiger partial charge in [-0.1, -0.05) is 0 Å². The zero-order valence-electron chi connectivity index (χ0n) is 8.94. The molecule has 0 saturated heterocycles. The van der Waals surface area contributed by atoms with Crippen LogP contribution >= 0.6 is 0 Å². The van der Waals surface area contributed by atoms with Gasteiger partial charge in [0.05, 0.1) is 12.0 Å². The summed E-state index contributed by atoms with van der Waals surface area (Å²) in [6.45, 7) is 3.90. The molecule has 0 aliphatic carbocycles. The largest absolute Gasteiger partial charge is 0.349 e. The maximum absolute atomic E-state index is 8.27. The molecule has 0 aromatic carbocycles. The Bertz CT molecular complexity index is 491. The van der Waals surface area contributed by atoms with Crippen LogP contribution in [0, 0.1) is 36.5 Å². The van der Waals surface area contributed by atoms with E-state index in [2.05, 4.69) is 19.9 Å². The number of nitrogens with zero attached hydrogens (tertiary/aromatic N) is 4. The second-order valence-electron chi connectivity index (χ2n) is 2.98. The molecule has 6 heteroatoms. The molecular formula is C10H10N6. The van der Waals surface area contributed by atoms with Crippen LogP contribution in [-0.4, -0.2) is 19.9 Å². The number of imidazole rings is 2. The lowest BCUT2D eigenvalue weighted by molar-refractivity contribution is 1.13. The van der Waals surface area contributed by atoms with Gasteiger partial charge in [0.25, 0.3) is 0 Å². The van der Waals surface area contributed by atoms with E-state index in [-0.39, 0.29) is 11.4 Å². The van der Waals surface area contributed by atoms with E-state index >= 15 is 0 Å². The average molecular weight is 214 g/mol. The van der Waals surface area contributed by atoms with Crippen LogP contribution < -0.4 is 0 Å². The smallest absolute Gasteiger partial charge is 0.176 e. The SMILES string of the molecule is Cc1c[nH]c(C)n1.N#Cc1nc[nH]c1C#N. The maximum atomic E-state index is 8.27. The standard InChI is InChI=1S/C5H2N4.C5H8N2/c6-1-4-5(2-7)9-3-8-4;1-4-3-6-5(2)7-4/h3H,(H,8,9);3H,1-2H3,(H,6,7). The first-order valence-electron chi connectivity index (χ1n) is 4.49. The summed E-state index contributed by atoms with van der Waals surface area (Å²) >= 11 is 0. The molecule has 0 unspecified atom stereocenters. The van der Waals surface area contributed by atoms with E-state index in [0.717, 1.165) is 11.5 Å². The number of aromatic amines is 2. The Kier molecular flexibility index (Phi) is 3.82. The third-order valence-corrected chi connectivity index (χ3v) is 1.69. The van der Waals surface area contributed by atoms with Gasteiger partial charge in [0, 0.05) is 6.20 Å². The van der Waals surface area contributed by atoms with Crippen LogP contribution in [0.25, 0.3) is 0 Å². The highest BCUT2D eigenvalue weighted by Crippen LogP contribution is 1.96. The molecule has 6 nitrogen and oxygen atoms in total. The lowest BCUT2D eigenvalue weighted by Crippen LogP contribution is -1.77. The summed E-state index contributed by atoms with van der Waals surface area (Å²) < 4.78 is 0. The van der Waals surface area contributed by atoms with Crippen LogP contribution in [0.2, 0.25) is 0 Å². The third kappa shape index (κ3) is 2.96. The number of nitrogens with one attached hydrogen (secondary N) is 2. The van der Waals surface area contributed by atoms with E-state index in [1.54, 1.807) is 12.1 Å². The topological polar surface area (TPSA) is 105 Å². The van der Waals surface area contributed by atoms with Crippen molar-refractivity contribution in [2.75, 3.05) is 0 Å². The van der Waals surface area contributed by atoms with Crippen molar-refractivity contribution in [1.29, 1.82) is 10.5 Å². The van der Waals surface area contributed by atoms with Gasteiger partial charge in [0.2, 0.25) is 0 Å². The van der Waals surface area contributed by atoms with Crippen LogP contribution in [-0.2, 0) is 0 Å². The molecule has 2 heterocycles. The van der Waals surface area contributed by atoms with Gasteiger partial charge in [-0.2, -0.15) is 10.5 Å². The predicted octanol–water partition coefficient (Wildman–Crippen LogP) is 1.18. The first kappa shape index (κ1) is 11.5. The van der Waals surface area contributed by atoms with Crippen molar-refractivity contribution in [3.05, 3.63) is 35.4 Å². The Hall–Kier alpha value is -2.60. The van der Waals surface area contributed by atoms with E-state index < -0.39 is 0 Å². The van der Waals surface area contributed by atoms with Gasteiger partial charge in [0.15, 0.2) is 11.4 Å². The molecule has 0 saturated carbocycles. The van der Waals surface area contributed by atoms with E-state index in [1.807, 2.05) is 20.0 Å². The quantitative estimate of drug-likeness (QED) is 0.686. The fraction of sp³-hybridized carbons (Fsp3) is 0.200. The molecule has 0 aliphatic rings. The number of H-pyrrole nitrogens is 2. The molecule has 0 atom stereocenters. The van der Waals surface area contributed by atoms with Crippen LogP contribution in [0.1, 0.15) is 22.9 Å². The zero-order chi connectivity index (χ0) is 12.0. The highest BCUT2D eigenvalue weighted by Gasteiger charge is 1.99. The number of aromatic nitrogens is 4. The number of hydrogen-bond acceptors (Lipinski definition) is 4. The Morgan fingerprint density at radius 2 is 1.94 bits per heavy atom. The third-order valence-electron chi connectivity index (χ3n) is 1.69. The van der Waals surface area contributed by atoms with Gasteiger partial charge in [0.1, 0.15) is 18.0 Å². The molecular weight excluding hydrogens is 204 g/mol. The Balaban J connectivity index is 0.000000165. The van der Waals surface area contributed by atoms with Gasteiger partial charge in [-0.15, -0.1) is 0 Å². The summed E-state index contributed by atoms with van der Waals surface area (Å²) in [5, 5.41) is 16.5. The number of nitriles is 2. The average Bonchev–Trinajstić information content (AvgIpc) is 2.87. The normalized spacial score (nSPS) is 8.50. The van der Waals surface area contributed by atoms with Crippen LogP contribution in [0.4, 0.5) is 0 Å². The first-order valence-corrected chi connectivity index (χ1v) is 4.49. The molecule has 0 fully saturated rings. The molecule has 2 aromatic rings. The van der Waals surface area contributed by atoms with E-state index in [9.17, 15) is 0 Å². The summed E-state index contributed by atoms with van der Waals surface area (Å²) in [5.41, 5.74) is 1.42. The fourth-order valence-corrected chi connectivity index (χ4v) is 1.00. The number of hydrogen-bond donors (Lipinski definition) is 2. The van der Waals surface area contributed by atoms with Gasteiger partial charge in [-0.25, -0.2) is 9.97 Å². The van der Waals surface area contributed by atoms with Gasteiger partial charge in [-0.3, -0.25) is 0 Å². The molecule has 80 valence electrons. The Morgan fingerprint density at radius 3 is 2.25 bits per heavy atom. The van der Waals surface area contributed by atoms with Crippen LogP contribution in [0.15, 0.2) is 12.5 Å². The minimum absolute atomic E-state index is 0.150. The first-order chi connectivity index (χ1) is 7.67. The minimum atomic E-state index is 0.150. The lowest BCUT2D eigenvalue weighted by Gasteiger charge is -1.73. The van der Waals surface area contributed by atoms with Crippen molar-refractivity contribution >= 4 is 0 Å². The predicted molar refractivity (Wildman–Crippen MR) is 56.1 cm³/mol. The molecule has 0 spiro atoms. The summed E-state index contributed by atoms with van der Waals surface area (Å²) in [5.74, 6) is 0.984. The van der Waals surface area contributed by atoms with Crippen molar-refractivity contribution in [2.45, 2.75) is 13.8 Å². The van der Waals surface area contributed by atoms with Gasteiger partial charge < -0.3 is 9.97 Å². The van der Waals surface area contributed by atoms with Crippen LogP contribution in [0.3, 0.4) is 0 Å². The molecule has 0 bridgehead atoms. The summed E-state index contributed by atoms with van der Waals surface area (Å²) in [4.78, 5) is 13.1. The summed E-state index contributed by atoms with van der Waals surface area (Å²) in [6.07, 6.45) is 3.20. The van der Waals surface area contributed by atoms with Crippen molar-refractivity contribution in [3.63, 3.8) is 0 Å². The van der Waals surface area contributed by atoms with Crippen molar-refractivity contribution < 1.29 is 0 Å². The van der Waals surface area contributed by atoms with Crippen molar-refractivity contribution in [2.24, 2.45) is 0 Å². The fourth-order valence-electron chi connectivity index (χ4n) is 1.00. The van der Waals surface area contributed by atoms with Crippen LogP contribution in [0.5, 0.6) is 0 Å². The Morgan fingerprint density at radius 1 is 1.19 bits per heavy atom. The summed E-state index contributed by atoms with van der Waals surface area (Å²) in [6, 6.07) is 3.55. The molecule has 0 radical (unpaired) electrons. The highest BCUT2D eigenvalue weighted by molar-refractivity contribution is 5.34. The molecule has 2 aromatic heterocycles. The molecule has 2 N–H and O–H groups in total. The van der Waals surface area contributed by atoms with E-state index in [0.29, 0.717) is 0 Å². The Labute approximate surface area is 92.6 Å². The van der Waals surface area contributed by atoms with E-state index in [4.69, 9.17) is 10.5 Å². The number of rotatable bonds is 0. The lowest BCUT2D eigenvalue weighted by atomic mass is 10.4. The second-order valence-corrected chi connectivity index (χ2v) is 2.98. The molecule has 2 rings (SSSR count).